The average Bonchev–Trinajstić information content (AvgIpc) is 2.34. The molecule has 0 radical (unpaired) electrons. The minimum Gasteiger partial charge on any atom is -0.480 e. The van der Waals surface area contributed by atoms with Crippen molar-refractivity contribution in [1.82, 2.24) is 5.32 Å². The molecular weight excluding hydrogens is 235 g/mol. The molecule has 1 rings (SSSR count). The first-order chi connectivity index (χ1) is 8.54. The predicted molar refractivity (Wildman–Crippen MR) is 67.6 cm³/mol. The summed E-state index contributed by atoms with van der Waals surface area (Å²) in [6.45, 7) is 4.51. The third kappa shape index (κ3) is 4.33. The highest BCUT2D eigenvalue weighted by Gasteiger charge is 2.11. The molecule has 0 fully saturated rings. The van der Waals surface area contributed by atoms with E-state index < -0.39 is 5.82 Å². The highest BCUT2D eigenvalue weighted by atomic mass is 19.1. The van der Waals surface area contributed by atoms with Crippen molar-refractivity contribution in [2.24, 2.45) is 11.7 Å². The molecule has 1 aromatic carbocycles. The molecule has 0 unspecified atom stereocenters. The van der Waals surface area contributed by atoms with Gasteiger partial charge < -0.3 is 15.8 Å². The van der Waals surface area contributed by atoms with Gasteiger partial charge in [0.1, 0.15) is 0 Å². The fourth-order valence-corrected chi connectivity index (χ4v) is 1.38. The van der Waals surface area contributed by atoms with E-state index in [1.165, 1.54) is 6.07 Å². The van der Waals surface area contributed by atoms with Gasteiger partial charge >= 0.3 is 0 Å². The number of hydrogen-bond donors (Lipinski definition) is 2. The highest BCUT2D eigenvalue weighted by Crippen LogP contribution is 2.21. The quantitative estimate of drug-likeness (QED) is 0.807. The Kier molecular flexibility index (Phi) is 5.58. The van der Waals surface area contributed by atoms with Crippen molar-refractivity contribution >= 4 is 5.91 Å². The fourth-order valence-electron chi connectivity index (χ4n) is 1.38. The van der Waals surface area contributed by atoms with Gasteiger partial charge in [-0.3, -0.25) is 4.79 Å². The van der Waals surface area contributed by atoms with Crippen LogP contribution in [-0.4, -0.2) is 19.1 Å². The van der Waals surface area contributed by atoms with Crippen LogP contribution < -0.4 is 15.8 Å². The second-order valence-electron chi connectivity index (χ2n) is 4.42. The molecule has 18 heavy (non-hydrogen) atoms. The number of halogens is 1. The topological polar surface area (TPSA) is 64.3 Å². The predicted octanol–water partition coefficient (Wildman–Crippen LogP) is 1.44. The largest absolute Gasteiger partial charge is 0.480 e. The van der Waals surface area contributed by atoms with Crippen molar-refractivity contribution in [2.45, 2.75) is 20.4 Å². The van der Waals surface area contributed by atoms with Crippen molar-refractivity contribution in [3.05, 3.63) is 29.6 Å². The van der Waals surface area contributed by atoms with Crippen LogP contribution >= 0.6 is 0 Å². The summed E-state index contributed by atoms with van der Waals surface area (Å²) in [5, 5.41) is 2.69. The van der Waals surface area contributed by atoms with E-state index in [1.54, 1.807) is 12.1 Å². The van der Waals surface area contributed by atoms with Gasteiger partial charge in [-0.25, -0.2) is 4.39 Å². The number of carbonyl (C=O) groups excluding carboxylic acids is 1. The number of hydrogen-bond acceptors (Lipinski definition) is 3. The van der Waals surface area contributed by atoms with Gasteiger partial charge in [0.15, 0.2) is 18.2 Å². The number of amides is 1. The lowest BCUT2D eigenvalue weighted by molar-refractivity contribution is -0.123. The molecular formula is C13H19FN2O2. The molecule has 5 heteroatoms. The van der Waals surface area contributed by atoms with E-state index >= 15 is 0 Å². The normalized spacial score (nSPS) is 10.5. The maximum absolute atomic E-state index is 13.5. The van der Waals surface area contributed by atoms with Crippen molar-refractivity contribution < 1.29 is 13.9 Å². The molecule has 0 saturated heterocycles. The molecule has 100 valence electrons. The number of carbonyl (C=O) groups is 1. The van der Waals surface area contributed by atoms with Crippen LogP contribution in [0.15, 0.2) is 18.2 Å². The third-order valence-corrected chi connectivity index (χ3v) is 2.32. The summed E-state index contributed by atoms with van der Waals surface area (Å²) in [7, 11) is 0. The minimum atomic E-state index is -0.505. The molecule has 0 atom stereocenters. The molecule has 0 saturated carbocycles. The zero-order chi connectivity index (χ0) is 13.5. The molecule has 1 aromatic rings. The number of nitrogens with one attached hydrogen (secondary N) is 1. The van der Waals surface area contributed by atoms with Crippen LogP contribution in [0, 0.1) is 11.7 Å². The maximum atomic E-state index is 13.5. The van der Waals surface area contributed by atoms with E-state index in [0.717, 1.165) is 0 Å². The van der Waals surface area contributed by atoms with Gasteiger partial charge in [0.05, 0.1) is 0 Å². The summed E-state index contributed by atoms with van der Waals surface area (Å²) in [5.74, 6) is -0.355. The number of rotatable bonds is 6. The molecule has 4 nitrogen and oxygen atoms in total. The molecule has 0 aromatic heterocycles. The molecule has 1 amide bonds. The Hall–Kier alpha value is -1.62. The fraction of sp³-hybridized carbons (Fsp3) is 0.462. The number of ether oxygens (including phenoxy) is 1. The Bertz CT molecular complexity index is 408. The number of nitrogens with two attached hydrogens (primary N) is 1. The highest BCUT2D eigenvalue weighted by molar-refractivity contribution is 5.77. The van der Waals surface area contributed by atoms with Gasteiger partial charge in [0.25, 0.3) is 5.91 Å². The zero-order valence-electron chi connectivity index (χ0n) is 10.7. The van der Waals surface area contributed by atoms with Crippen molar-refractivity contribution in [3.63, 3.8) is 0 Å². The average molecular weight is 254 g/mol. The zero-order valence-corrected chi connectivity index (χ0v) is 10.7. The molecule has 0 spiro atoms. The summed E-state index contributed by atoms with van der Waals surface area (Å²) in [5.41, 5.74) is 6.02. The van der Waals surface area contributed by atoms with Gasteiger partial charge in [-0.05, 0) is 12.0 Å². The monoisotopic (exact) mass is 254 g/mol. The molecule has 0 heterocycles. The second kappa shape index (κ2) is 6.96. The van der Waals surface area contributed by atoms with E-state index in [0.29, 0.717) is 18.0 Å². The molecule has 0 bridgehead atoms. The van der Waals surface area contributed by atoms with Crippen molar-refractivity contribution in [1.29, 1.82) is 0 Å². The van der Waals surface area contributed by atoms with Crippen LogP contribution in [0.3, 0.4) is 0 Å². The summed E-state index contributed by atoms with van der Waals surface area (Å²) in [6, 6.07) is 4.51. The summed E-state index contributed by atoms with van der Waals surface area (Å²) >= 11 is 0. The first-order valence-corrected chi connectivity index (χ1v) is 5.91. The molecule has 0 aliphatic heterocycles. The van der Waals surface area contributed by atoms with Gasteiger partial charge in [0, 0.05) is 18.7 Å². The van der Waals surface area contributed by atoms with Crippen LogP contribution in [0.5, 0.6) is 5.75 Å². The van der Waals surface area contributed by atoms with Gasteiger partial charge in [-0.1, -0.05) is 26.0 Å². The lowest BCUT2D eigenvalue weighted by atomic mass is 10.2. The lowest BCUT2D eigenvalue weighted by Crippen LogP contribution is -2.32. The Morgan fingerprint density at radius 1 is 1.50 bits per heavy atom. The summed E-state index contributed by atoms with van der Waals surface area (Å²) in [4.78, 5) is 11.4. The Labute approximate surface area is 106 Å². The van der Waals surface area contributed by atoms with Crippen LogP contribution in [0.25, 0.3) is 0 Å². The third-order valence-electron chi connectivity index (χ3n) is 2.32. The first kappa shape index (κ1) is 14.4. The van der Waals surface area contributed by atoms with Crippen molar-refractivity contribution in [2.75, 3.05) is 13.2 Å². The van der Waals surface area contributed by atoms with Gasteiger partial charge in [-0.2, -0.15) is 0 Å². The van der Waals surface area contributed by atoms with Gasteiger partial charge in [0.2, 0.25) is 0 Å². The number of benzene rings is 1. The number of para-hydroxylation sites is 1. The van der Waals surface area contributed by atoms with Gasteiger partial charge in [-0.15, -0.1) is 0 Å². The Morgan fingerprint density at radius 3 is 2.83 bits per heavy atom. The van der Waals surface area contributed by atoms with E-state index in [-0.39, 0.29) is 24.8 Å². The SMILES string of the molecule is CC(C)CNC(=O)COc1c(F)cccc1CN. The smallest absolute Gasteiger partial charge is 0.257 e. The van der Waals surface area contributed by atoms with E-state index in [2.05, 4.69) is 5.32 Å². The van der Waals surface area contributed by atoms with Crippen molar-refractivity contribution in [3.8, 4) is 5.75 Å². The second-order valence-corrected chi connectivity index (χ2v) is 4.42. The summed E-state index contributed by atoms with van der Waals surface area (Å²) in [6.07, 6.45) is 0. The minimum absolute atomic E-state index is 0.0553. The lowest BCUT2D eigenvalue weighted by Gasteiger charge is -2.12. The van der Waals surface area contributed by atoms with Crippen LogP contribution in [0.1, 0.15) is 19.4 Å². The van der Waals surface area contributed by atoms with Crippen LogP contribution in [0.2, 0.25) is 0 Å². The maximum Gasteiger partial charge on any atom is 0.257 e. The standard InChI is InChI=1S/C13H19FN2O2/c1-9(2)7-16-12(17)8-18-13-10(6-15)4-3-5-11(13)14/h3-5,9H,6-8,15H2,1-2H3,(H,16,17). The van der Waals surface area contributed by atoms with Crippen LogP contribution in [-0.2, 0) is 11.3 Å². The van der Waals surface area contributed by atoms with E-state index in [4.69, 9.17) is 10.5 Å². The van der Waals surface area contributed by atoms with E-state index in [1.807, 2.05) is 13.8 Å². The Balaban J connectivity index is 2.55. The Morgan fingerprint density at radius 2 is 2.22 bits per heavy atom. The van der Waals surface area contributed by atoms with E-state index in [9.17, 15) is 9.18 Å². The molecule has 0 aliphatic rings. The molecule has 0 aliphatic carbocycles. The first-order valence-electron chi connectivity index (χ1n) is 5.91. The summed E-state index contributed by atoms with van der Waals surface area (Å²) < 4.78 is 18.7. The molecule has 3 N–H and O–H groups in total. The van der Waals surface area contributed by atoms with Crippen LogP contribution in [0.4, 0.5) is 4.39 Å².